The van der Waals surface area contributed by atoms with Crippen molar-refractivity contribution >= 4 is 10.0 Å². The second-order valence-corrected chi connectivity index (χ2v) is 6.46. The summed E-state index contributed by atoms with van der Waals surface area (Å²) in [5.74, 6) is -2.00. The van der Waals surface area contributed by atoms with Crippen LogP contribution in [-0.4, -0.2) is 43.3 Å². The topological polar surface area (TPSA) is 83.6 Å². The van der Waals surface area contributed by atoms with Gasteiger partial charge in [0.2, 0.25) is 10.0 Å². The molecule has 0 amide bonds. The van der Waals surface area contributed by atoms with E-state index in [1.165, 1.54) is 6.07 Å². The maximum absolute atomic E-state index is 13.0. The molecule has 1 unspecified atom stereocenters. The summed E-state index contributed by atoms with van der Waals surface area (Å²) in [7, 11) is -3.54. The Morgan fingerprint density at radius 1 is 1.37 bits per heavy atom. The van der Waals surface area contributed by atoms with Crippen LogP contribution in [0.3, 0.4) is 0 Å². The fraction of sp³-hybridized carbons (Fsp3) is 0.455. The van der Waals surface area contributed by atoms with E-state index < -0.39 is 33.0 Å². The highest BCUT2D eigenvalue weighted by Gasteiger charge is 2.35. The first-order valence-corrected chi connectivity index (χ1v) is 7.25. The largest absolute Gasteiger partial charge is 0.387 e. The minimum Gasteiger partial charge on any atom is -0.387 e. The second-order valence-electron chi connectivity index (χ2n) is 4.62. The molecule has 1 saturated heterocycles. The minimum absolute atomic E-state index is 0.150. The Morgan fingerprint density at radius 2 is 2.00 bits per heavy atom. The van der Waals surface area contributed by atoms with Gasteiger partial charge in [-0.3, -0.25) is 4.90 Å². The van der Waals surface area contributed by atoms with Crippen molar-refractivity contribution in [2.75, 3.05) is 19.6 Å². The molecule has 1 aromatic carbocycles. The van der Waals surface area contributed by atoms with Crippen LogP contribution in [0.25, 0.3) is 0 Å². The predicted molar refractivity (Wildman–Crippen MR) is 64.7 cm³/mol. The molecule has 1 fully saturated rings. The Balaban J connectivity index is 1.92. The fourth-order valence-electron chi connectivity index (χ4n) is 1.95. The van der Waals surface area contributed by atoms with E-state index >= 15 is 0 Å². The number of sulfonamides is 1. The number of aliphatic hydroxyl groups is 1. The van der Waals surface area contributed by atoms with Gasteiger partial charge in [0.15, 0.2) is 11.6 Å². The van der Waals surface area contributed by atoms with Crippen molar-refractivity contribution < 1.29 is 22.3 Å². The average molecular weight is 292 g/mol. The van der Waals surface area contributed by atoms with Gasteiger partial charge in [0.05, 0.1) is 6.10 Å². The van der Waals surface area contributed by atoms with Crippen molar-refractivity contribution in [3.63, 3.8) is 0 Å². The normalized spacial score (nSPS) is 19.2. The molecule has 5 nitrogen and oxygen atoms in total. The molecule has 0 radical (unpaired) electrons. The number of aliphatic hydroxyl groups excluding tert-OH is 1. The van der Waals surface area contributed by atoms with Crippen LogP contribution in [0.15, 0.2) is 18.2 Å². The Morgan fingerprint density at radius 3 is 2.53 bits per heavy atom. The van der Waals surface area contributed by atoms with Gasteiger partial charge in [-0.2, -0.15) is 0 Å². The molecule has 1 aromatic rings. The molecule has 0 bridgehead atoms. The van der Waals surface area contributed by atoms with E-state index in [1.54, 1.807) is 4.90 Å². The first-order chi connectivity index (χ1) is 8.77. The van der Waals surface area contributed by atoms with Crippen molar-refractivity contribution in [3.05, 3.63) is 35.4 Å². The lowest BCUT2D eigenvalue weighted by Crippen LogP contribution is -2.57. The minimum atomic E-state index is -3.54. The van der Waals surface area contributed by atoms with Crippen LogP contribution in [-0.2, 0) is 10.0 Å². The molecule has 0 aliphatic carbocycles. The Hall–Kier alpha value is -1.09. The lowest BCUT2D eigenvalue weighted by molar-refractivity contribution is 0.0805. The third-order valence-corrected chi connectivity index (χ3v) is 4.38. The highest BCUT2D eigenvalue weighted by molar-refractivity contribution is 7.89. The molecular weight excluding hydrogens is 278 g/mol. The van der Waals surface area contributed by atoms with Gasteiger partial charge in [0.25, 0.3) is 0 Å². The van der Waals surface area contributed by atoms with Gasteiger partial charge in [0, 0.05) is 19.6 Å². The van der Waals surface area contributed by atoms with E-state index in [-0.39, 0.29) is 25.2 Å². The van der Waals surface area contributed by atoms with Gasteiger partial charge in [-0.25, -0.2) is 22.3 Å². The number of likely N-dealkylation sites (tertiary alicyclic amines) is 1. The molecule has 0 spiro atoms. The van der Waals surface area contributed by atoms with Gasteiger partial charge in [0.1, 0.15) is 5.25 Å². The first kappa shape index (κ1) is 14.3. The zero-order chi connectivity index (χ0) is 14.2. The van der Waals surface area contributed by atoms with Crippen LogP contribution >= 0.6 is 0 Å². The standard InChI is InChI=1S/C11H14F2N2O3S/c12-9-2-1-7(3-10(9)13)11(16)6-15-4-8(5-15)19(14,17)18/h1-3,8,11,16H,4-6H2,(H2,14,17,18). The predicted octanol–water partition coefficient (Wildman–Crippen LogP) is -0.0291. The molecule has 1 heterocycles. The molecule has 1 aliphatic rings. The van der Waals surface area contributed by atoms with Crippen molar-refractivity contribution in [2.24, 2.45) is 5.14 Å². The van der Waals surface area contributed by atoms with Gasteiger partial charge in [-0.05, 0) is 17.7 Å². The number of hydrogen-bond donors (Lipinski definition) is 2. The van der Waals surface area contributed by atoms with E-state index in [2.05, 4.69) is 0 Å². The Kier molecular flexibility index (Phi) is 3.86. The van der Waals surface area contributed by atoms with Crippen molar-refractivity contribution in [2.45, 2.75) is 11.4 Å². The fourth-order valence-corrected chi connectivity index (χ4v) is 2.79. The molecule has 1 aliphatic heterocycles. The van der Waals surface area contributed by atoms with Crippen LogP contribution < -0.4 is 5.14 Å². The third kappa shape index (κ3) is 3.27. The monoisotopic (exact) mass is 292 g/mol. The molecule has 106 valence electrons. The summed E-state index contributed by atoms with van der Waals surface area (Å²) in [6.45, 7) is 0.621. The highest BCUT2D eigenvalue weighted by Crippen LogP contribution is 2.21. The summed E-state index contributed by atoms with van der Waals surface area (Å²) < 4.78 is 47.7. The van der Waals surface area contributed by atoms with Gasteiger partial charge in [-0.1, -0.05) is 6.07 Å². The van der Waals surface area contributed by atoms with Crippen LogP contribution in [0, 0.1) is 11.6 Å². The summed E-state index contributed by atoms with van der Waals surface area (Å²) in [4.78, 5) is 1.68. The summed E-state index contributed by atoms with van der Waals surface area (Å²) in [6, 6.07) is 3.16. The number of β-amino-alcohol motifs (C(OH)–C–C–N with tert-alkyl or cyclic N) is 1. The molecule has 8 heteroatoms. The summed E-state index contributed by atoms with van der Waals surface area (Å²) in [6.07, 6.45) is -1.00. The molecule has 3 N–H and O–H groups in total. The maximum atomic E-state index is 13.0. The van der Waals surface area contributed by atoms with Crippen molar-refractivity contribution in [1.29, 1.82) is 0 Å². The van der Waals surface area contributed by atoms with Crippen LogP contribution in [0.5, 0.6) is 0 Å². The number of nitrogens with zero attached hydrogens (tertiary/aromatic N) is 1. The van der Waals surface area contributed by atoms with Crippen molar-refractivity contribution in [3.8, 4) is 0 Å². The number of halogens is 2. The van der Waals surface area contributed by atoms with Gasteiger partial charge >= 0.3 is 0 Å². The van der Waals surface area contributed by atoms with E-state index in [0.717, 1.165) is 12.1 Å². The summed E-state index contributed by atoms with van der Waals surface area (Å²) in [5, 5.41) is 14.2. The average Bonchev–Trinajstić information content (AvgIpc) is 2.24. The Labute approximate surface area is 109 Å². The zero-order valence-electron chi connectivity index (χ0n) is 9.96. The SMILES string of the molecule is NS(=O)(=O)C1CN(CC(O)c2ccc(F)c(F)c2)C1. The zero-order valence-corrected chi connectivity index (χ0v) is 10.8. The van der Waals surface area contributed by atoms with E-state index in [0.29, 0.717) is 0 Å². The quantitative estimate of drug-likeness (QED) is 0.816. The maximum Gasteiger partial charge on any atom is 0.214 e. The van der Waals surface area contributed by atoms with Crippen LogP contribution in [0.4, 0.5) is 8.78 Å². The second kappa shape index (κ2) is 5.12. The number of nitrogens with two attached hydrogens (primary N) is 1. The first-order valence-electron chi connectivity index (χ1n) is 5.64. The van der Waals surface area contributed by atoms with E-state index in [9.17, 15) is 22.3 Å². The number of benzene rings is 1. The van der Waals surface area contributed by atoms with Crippen LogP contribution in [0.1, 0.15) is 11.7 Å². The molecule has 19 heavy (non-hydrogen) atoms. The lowest BCUT2D eigenvalue weighted by atomic mass is 10.1. The molecular formula is C11H14F2N2O3S. The summed E-state index contributed by atoms with van der Waals surface area (Å²) in [5.41, 5.74) is 0.248. The van der Waals surface area contributed by atoms with Crippen molar-refractivity contribution in [1.82, 2.24) is 4.90 Å². The number of hydrogen-bond acceptors (Lipinski definition) is 4. The van der Waals surface area contributed by atoms with E-state index in [1.807, 2.05) is 0 Å². The molecule has 0 saturated carbocycles. The lowest BCUT2D eigenvalue weighted by Gasteiger charge is -2.38. The number of rotatable bonds is 4. The van der Waals surface area contributed by atoms with Crippen LogP contribution in [0.2, 0.25) is 0 Å². The summed E-state index contributed by atoms with van der Waals surface area (Å²) >= 11 is 0. The number of primary sulfonamides is 1. The third-order valence-electron chi connectivity index (χ3n) is 3.15. The molecule has 0 aromatic heterocycles. The van der Waals surface area contributed by atoms with Gasteiger partial charge in [-0.15, -0.1) is 0 Å². The Bertz CT molecular complexity index is 573. The van der Waals surface area contributed by atoms with Gasteiger partial charge < -0.3 is 5.11 Å². The molecule has 2 rings (SSSR count). The highest BCUT2D eigenvalue weighted by atomic mass is 32.2. The molecule has 1 atom stereocenters. The smallest absolute Gasteiger partial charge is 0.214 e. The van der Waals surface area contributed by atoms with E-state index in [4.69, 9.17) is 5.14 Å².